The standard InChI is InChI=1S/C11H18N2O2/c1-8(2)5-9-6-13-15-11(9)10-7-14-4-3-12-10/h6,8,10,12H,3-5,7H2,1-2H3. The highest BCUT2D eigenvalue weighted by molar-refractivity contribution is 5.18. The van der Waals surface area contributed by atoms with Crippen LogP contribution >= 0.6 is 0 Å². The smallest absolute Gasteiger partial charge is 0.159 e. The molecule has 1 unspecified atom stereocenters. The van der Waals surface area contributed by atoms with Crippen molar-refractivity contribution in [2.75, 3.05) is 19.8 Å². The highest BCUT2D eigenvalue weighted by Gasteiger charge is 2.22. The van der Waals surface area contributed by atoms with E-state index in [4.69, 9.17) is 9.26 Å². The molecule has 1 N–H and O–H groups in total. The van der Waals surface area contributed by atoms with Crippen LogP contribution < -0.4 is 5.32 Å². The van der Waals surface area contributed by atoms with Gasteiger partial charge in [0, 0.05) is 12.1 Å². The van der Waals surface area contributed by atoms with E-state index in [2.05, 4.69) is 24.3 Å². The zero-order chi connectivity index (χ0) is 10.7. The average Bonchev–Trinajstić information content (AvgIpc) is 2.66. The summed E-state index contributed by atoms with van der Waals surface area (Å²) in [6.07, 6.45) is 2.84. The van der Waals surface area contributed by atoms with Crippen LogP contribution in [-0.2, 0) is 11.2 Å². The Balaban J connectivity index is 2.09. The molecular formula is C11H18N2O2. The van der Waals surface area contributed by atoms with Crippen molar-refractivity contribution >= 4 is 0 Å². The maximum Gasteiger partial charge on any atom is 0.159 e. The Morgan fingerprint density at radius 1 is 1.60 bits per heavy atom. The minimum Gasteiger partial charge on any atom is -0.378 e. The van der Waals surface area contributed by atoms with Crippen LogP contribution in [0.25, 0.3) is 0 Å². The zero-order valence-electron chi connectivity index (χ0n) is 9.32. The summed E-state index contributed by atoms with van der Waals surface area (Å²) in [5.41, 5.74) is 1.20. The third kappa shape index (κ3) is 2.58. The van der Waals surface area contributed by atoms with Crippen LogP contribution in [0, 0.1) is 5.92 Å². The largest absolute Gasteiger partial charge is 0.378 e. The molecule has 1 atom stereocenters. The molecule has 0 saturated carbocycles. The van der Waals surface area contributed by atoms with Crippen molar-refractivity contribution in [3.8, 4) is 0 Å². The number of nitrogens with zero attached hydrogens (tertiary/aromatic N) is 1. The van der Waals surface area contributed by atoms with E-state index in [0.717, 1.165) is 25.3 Å². The number of morpholine rings is 1. The summed E-state index contributed by atoms with van der Waals surface area (Å²) in [5.74, 6) is 1.57. The monoisotopic (exact) mass is 210 g/mol. The Morgan fingerprint density at radius 3 is 3.13 bits per heavy atom. The van der Waals surface area contributed by atoms with Crippen molar-refractivity contribution in [3.63, 3.8) is 0 Å². The molecule has 15 heavy (non-hydrogen) atoms. The van der Waals surface area contributed by atoms with Gasteiger partial charge in [-0.1, -0.05) is 19.0 Å². The third-order valence-corrected chi connectivity index (χ3v) is 2.54. The molecule has 0 aliphatic carbocycles. The molecular weight excluding hydrogens is 192 g/mol. The quantitative estimate of drug-likeness (QED) is 0.822. The molecule has 1 aromatic rings. The zero-order valence-corrected chi connectivity index (χ0v) is 9.32. The SMILES string of the molecule is CC(C)Cc1cnoc1C1COCCN1. The molecule has 4 nitrogen and oxygen atoms in total. The molecule has 0 spiro atoms. The fourth-order valence-electron chi connectivity index (χ4n) is 1.88. The normalized spacial score (nSPS) is 22.2. The average molecular weight is 210 g/mol. The summed E-state index contributed by atoms with van der Waals surface area (Å²) in [6, 6.07) is 0.176. The molecule has 1 aliphatic heterocycles. The van der Waals surface area contributed by atoms with E-state index in [9.17, 15) is 0 Å². The maximum atomic E-state index is 5.42. The second-order valence-electron chi connectivity index (χ2n) is 4.39. The topological polar surface area (TPSA) is 47.3 Å². The molecule has 1 saturated heterocycles. The van der Waals surface area contributed by atoms with Crippen LogP contribution in [0.3, 0.4) is 0 Å². The Bertz CT molecular complexity index is 303. The van der Waals surface area contributed by atoms with Crippen molar-refractivity contribution in [2.24, 2.45) is 5.92 Å². The maximum absolute atomic E-state index is 5.42. The Labute approximate surface area is 90.0 Å². The predicted molar refractivity (Wildman–Crippen MR) is 56.6 cm³/mol. The highest BCUT2D eigenvalue weighted by Crippen LogP contribution is 2.22. The van der Waals surface area contributed by atoms with E-state index in [0.29, 0.717) is 12.5 Å². The van der Waals surface area contributed by atoms with Gasteiger partial charge < -0.3 is 14.6 Å². The molecule has 1 aromatic heterocycles. The van der Waals surface area contributed by atoms with Crippen LogP contribution in [0.2, 0.25) is 0 Å². The first kappa shape index (κ1) is 10.6. The summed E-state index contributed by atoms with van der Waals surface area (Å²) in [7, 11) is 0. The lowest BCUT2D eigenvalue weighted by Gasteiger charge is -2.22. The molecule has 0 aromatic carbocycles. The Kier molecular flexibility index (Phi) is 3.38. The van der Waals surface area contributed by atoms with E-state index in [-0.39, 0.29) is 6.04 Å². The highest BCUT2D eigenvalue weighted by atomic mass is 16.5. The van der Waals surface area contributed by atoms with Crippen molar-refractivity contribution in [2.45, 2.75) is 26.3 Å². The first-order chi connectivity index (χ1) is 7.27. The van der Waals surface area contributed by atoms with Gasteiger partial charge in [0.1, 0.15) is 0 Å². The summed E-state index contributed by atoms with van der Waals surface area (Å²) in [4.78, 5) is 0. The van der Waals surface area contributed by atoms with Crippen LogP contribution in [0.4, 0.5) is 0 Å². The van der Waals surface area contributed by atoms with Crippen LogP contribution in [0.15, 0.2) is 10.7 Å². The van der Waals surface area contributed by atoms with Crippen molar-refractivity contribution in [3.05, 3.63) is 17.5 Å². The van der Waals surface area contributed by atoms with Crippen molar-refractivity contribution < 1.29 is 9.26 Å². The van der Waals surface area contributed by atoms with Gasteiger partial charge in [-0.05, 0) is 12.3 Å². The Morgan fingerprint density at radius 2 is 2.47 bits per heavy atom. The lowest BCUT2D eigenvalue weighted by atomic mass is 10.0. The summed E-state index contributed by atoms with van der Waals surface area (Å²) >= 11 is 0. The number of hydrogen-bond donors (Lipinski definition) is 1. The summed E-state index contributed by atoms with van der Waals surface area (Å²) in [6.45, 7) is 6.74. The summed E-state index contributed by atoms with van der Waals surface area (Å²) in [5, 5.41) is 7.26. The Hall–Kier alpha value is -0.870. The van der Waals surface area contributed by atoms with Gasteiger partial charge >= 0.3 is 0 Å². The predicted octanol–water partition coefficient (Wildman–Crippen LogP) is 1.53. The number of aromatic nitrogens is 1. The van der Waals surface area contributed by atoms with Gasteiger partial charge in [-0.3, -0.25) is 0 Å². The molecule has 84 valence electrons. The lowest BCUT2D eigenvalue weighted by Crippen LogP contribution is -2.34. The van der Waals surface area contributed by atoms with Gasteiger partial charge in [-0.2, -0.15) is 0 Å². The number of hydrogen-bond acceptors (Lipinski definition) is 4. The molecule has 1 fully saturated rings. The fraction of sp³-hybridized carbons (Fsp3) is 0.727. The lowest BCUT2D eigenvalue weighted by molar-refractivity contribution is 0.0672. The molecule has 4 heteroatoms. The van der Waals surface area contributed by atoms with Crippen LogP contribution in [0.5, 0.6) is 0 Å². The molecule has 1 aliphatic rings. The van der Waals surface area contributed by atoms with E-state index in [1.165, 1.54) is 5.56 Å². The molecule has 2 rings (SSSR count). The fourth-order valence-corrected chi connectivity index (χ4v) is 1.88. The van der Waals surface area contributed by atoms with Crippen LogP contribution in [0.1, 0.15) is 31.2 Å². The van der Waals surface area contributed by atoms with Gasteiger partial charge in [-0.15, -0.1) is 0 Å². The first-order valence-electron chi connectivity index (χ1n) is 5.52. The van der Waals surface area contributed by atoms with E-state index in [1.807, 2.05) is 6.20 Å². The number of ether oxygens (including phenoxy) is 1. The minimum atomic E-state index is 0.176. The summed E-state index contributed by atoms with van der Waals surface area (Å²) < 4.78 is 10.7. The first-order valence-corrected chi connectivity index (χ1v) is 5.52. The second kappa shape index (κ2) is 4.77. The van der Waals surface area contributed by atoms with E-state index >= 15 is 0 Å². The molecule has 0 amide bonds. The van der Waals surface area contributed by atoms with E-state index < -0.39 is 0 Å². The number of rotatable bonds is 3. The van der Waals surface area contributed by atoms with Crippen LogP contribution in [-0.4, -0.2) is 24.9 Å². The minimum absolute atomic E-state index is 0.176. The second-order valence-corrected chi connectivity index (χ2v) is 4.39. The van der Waals surface area contributed by atoms with Gasteiger partial charge in [0.25, 0.3) is 0 Å². The van der Waals surface area contributed by atoms with E-state index in [1.54, 1.807) is 0 Å². The number of nitrogens with one attached hydrogen (secondary N) is 1. The molecule has 0 bridgehead atoms. The van der Waals surface area contributed by atoms with Gasteiger partial charge in [-0.25, -0.2) is 0 Å². The molecule has 0 radical (unpaired) electrons. The van der Waals surface area contributed by atoms with Gasteiger partial charge in [0.15, 0.2) is 5.76 Å². The van der Waals surface area contributed by atoms with Crippen molar-refractivity contribution in [1.29, 1.82) is 0 Å². The third-order valence-electron chi connectivity index (χ3n) is 2.54. The van der Waals surface area contributed by atoms with Crippen molar-refractivity contribution in [1.82, 2.24) is 10.5 Å². The van der Waals surface area contributed by atoms with Gasteiger partial charge in [0.2, 0.25) is 0 Å². The van der Waals surface area contributed by atoms with Gasteiger partial charge in [0.05, 0.1) is 25.5 Å². The molecule has 2 heterocycles.